The summed E-state index contributed by atoms with van der Waals surface area (Å²) in [4.78, 5) is 15.1. The van der Waals surface area contributed by atoms with Gasteiger partial charge in [0.05, 0.1) is 0 Å². The molecule has 0 radical (unpaired) electrons. The molecular formula is C34H37F4IN2O3. The van der Waals surface area contributed by atoms with Crippen LogP contribution < -0.4 is 4.74 Å². The van der Waals surface area contributed by atoms with Gasteiger partial charge in [0, 0.05) is 61.8 Å². The van der Waals surface area contributed by atoms with Gasteiger partial charge in [-0.25, -0.2) is 0 Å². The lowest BCUT2D eigenvalue weighted by Crippen LogP contribution is -2.39. The third-order valence-corrected chi connectivity index (χ3v) is 7.84. The Morgan fingerprint density at radius 2 is 1.48 bits per heavy atom. The second-order valence-corrected chi connectivity index (χ2v) is 11.7. The number of allylic oxidation sites excluding steroid dienone is 1. The van der Waals surface area contributed by atoms with Crippen molar-refractivity contribution < 1.29 is 32.2 Å². The van der Waals surface area contributed by atoms with Crippen LogP contribution in [0.15, 0.2) is 91.0 Å². The van der Waals surface area contributed by atoms with Crippen molar-refractivity contribution in [2.45, 2.75) is 29.6 Å². The second-order valence-electron chi connectivity index (χ2n) is 10.4. The molecule has 0 unspecified atom stereocenters. The molecule has 3 aromatic carbocycles. The number of aromatic hydroxyl groups is 1. The number of nitrogens with zero attached hydrogens (tertiary/aromatic N) is 2. The summed E-state index contributed by atoms with van der Waals surface area (Å²) in [6.07, 6.45) is 2.52. The SMILES string of the molecule is CC/C(=C(\c1ccc(O)cc1)c1ccc(OCCN(C)C/C=C/C(=O)N(C)CCC(F)(F)C(F)(F)I)cc1)c1ccccc1. The molecule has 236 valence electrons. The average Bonchev–Trinajstić information content (AvgIpc) is 2.99. The molecule has 0 heterocycles. The molecule has 3 rings (SSSR count). The summed E-state index contributed by atoms with van der Waals surface area (Å²) < 4.78 is 54.6. The molecule has 0 saturated heterocycles. The second kappa shape index (κ2) is 16.1. The van der Waals surface area contributed by atoms with Crippen molar-refractivity contribution in [3.63, 3.8) is 0 Å². The van der Waals surface area contributed by atoms with E-state index in [4.69, 9.17) is 4.74 Å². The molecule has 0 aliphatic rings. The molecule has 0 aliphatic carbocycles. The van der Waals surface area contributed by atoms with Crippen LogP contribution in [0.3, 0.4) is 0 Å². The van der Waals surface area contributed by atoms with Crippen LogP contribution in [-0.4, -0.2) is 71.0 Å². The quantitative estimate of drug-likeness (QED) is 0.0566. The molecule has 0 spiro atoms. The number of hydrogen-bond acceptors (Lipinski definition) is 4. The van der Waals surface area contributed by atoms with Crippen molar-refractivity contribution in [1.82, 2.24) is 9.80 Å². The van der Waals surface area contributed by atoms with Crippen molar-refractivity contribution in [3.05, 3.63) is 108 Å². The number of halogens is 5. The summed E-state index contributed by atoms with van der Waals surface area (Å²) >= 11 is 0.415. The number of phenolic OH excluding ortho intramolecular Hbond substituents is 1. The molecule has 1 amide bonds. The summed E-state index contributed by atoms with van der Waals surface area (Å²) in [5, 5.41) is 9.84. The minimum atomic E-state index is -4.20. The van der Waals surface area contributed by atoms with Crippen molar-refractivity contribution in [1.29, 1.82) is 0 Å². The maximum Gasteiger partial charge on any atom is 0.358 e. The molecule has 1 N–H and O–H groups in total. The van der Waals surface area contributed by atoms with E-state index in [9.17, 15) is 27.5 Å². The molecular weight excluding hydrogens is 687 g/mol. The Morgan fingerprint density at radius 3 is 2.05 bits per heavy atom. The Bertz CT molecular complexity index is 1410. The molecule has 0 fully saturated rings. The summed E-state index contributed by atoms with van der Waals surface area (Å²) in [6, 6.07) is 25.3. The number of carbonyl (C=O) groups is 1. The molecule has 3 aromatic rings. The van der Waals surface area contributed by atoms with Gasteiger partial charge in [0.1, 0.15) is 18.1 Å². The van der Waals surface area contributed by atoms with Gasteiger partial charge in [-0.2, -0.15) is 17.6 Å². The standard InChI is InChI=1S/C34H37F4IN2O3/c1-4-30(25-9-6-5-7-10-25)32(26-12-16-28(42)17-13-26)27-14-18-29(19-15-27)44-24-23-40(2)21-8-11-31(43)41(3)22-20-33(35,36)34(37,38)39/h5-19,42H,4,20-24H2,1-3H3/b11-8+,32-30-. The highest BCUT2D eigenvalue weighted by Crippen LogP contribution is 2.42. The highest BCUT2D eigenvalue weighted by molar-refractivity contribution is 14.1. The molecule has 0 bridgehead atoms. The predicted molar refractivity (Wildman–Crippen MR) is 175 cm³/mol. The fourth-order valence-corrected chi connectivity index (χ4v) is 4.73. The summed E-state index contributed by atoms with van der Waals surface area (Å²) in [7, 11) is 3.14. The number of amides is 1. The van der Waals surface area contributed by atoms with Gasteiger partial charge in [-0.05, 0) is 65.6 Å². The molecule has 0 atom stereocenters. The van der Waals surface area contributed by atoms with Crippen LogP contribution in [0.1, 0.15) is 36.5 Å². The van der Waals surface area contributed by atoms with Crippen LogP contribution >= 0.6 is 22.6 Å². The minimum Gasteiger partial charge on any atom is -0.508 e. The third-order valence-electron chi connectivity index (χ3n) is 7.05. The Hall–Kier alpha value is -3.38. The minimum absolute atomic E-state index is 0.207. The van der Waals surface area contributed by atoms with E-state index < -0.39 is 28.7 Å². The van der Waals surface area contributed by atoms with E-state index in [0.29, 0.717) is 48.0 Å². The van der Waals surface area contributed by atoms with Crippen LogP contribution in [-0.2, 0) is 4.79 Å². The van der Waals surface area contributed by atoms with E-state index >= 15 is 0 Å². The Morgan fingerprint density at radius 1 is 0.886 bits per heavy atom. The van der Waals surface area contributed by atoms with Crippen molar-refractivity contribution in [2.24, 2.45) is 0 Å². The van der Waals surface area contributed by atoms with E-state index in [1.165, 1.54) is 18.7 Å². The van der Waals surface area contributed by atoms with Crippen molar-refractivity contribution in [2.75, 3.05) is 40.3 Å². The average molecular weight is 725 g/mol. The molecule has 44 heavy (non-hydrogen) atoms. The molecule has 10 heteroatoms. The zero-order valence-electron chi connectivity index (χ0n) is 25.0. The van der Waals surface area contributed by atoms with Gasteiger partial charge >= 0.3 is 9.85 Å². The summed E-state index contributed by atoms with van der Waals surface area (Å²) in [5.41, 5.74) is 5.41. The van der Waals surface area contributed by atoms with E-state index in [1.807, 2.05) is 66.5 Å². The zero-order valence-corrected chi connectivity index (χ0v) is 27.1. The predicted octanol–water partition coefficient (Wildman–Crippen LogP) is 8.14. The number of alkyl halides is 5. The highest BCUT2D eigenvalue weighted by atomic mass is 127. The molecule has 5 nitrogen and oxygen atoms in total. The third kappa shape index (κ3) is 10.1. The number of likely N-dealkylation sites (N-methyl/N-ethyl adjacent to an activating group) is 2. The van der Waals surface area contributed by atoms with Crippen LogP contribution in [0.5, 0.6) is 11.5 Å². The topological polar surface area (TPSA) is 53.0 Å². The summed E-state index contributed by atoms with van der Waals surface area (Å²) in [6.45, 7) is 2.99. The van der Waals surface area contributed by atoms with Crippen molar-refractivity contribution in [3.8, 4) is 11.5 Å². The smallest absolute Gasteiger partial charge is 0.358 e. The van der Waals surface area contributed by atoms with Gasteiger partial charge in [-0.3, -0.25) is 9.69 Å². The molecule has 0 saturated carbocycles. The number of hydrogen-bond donors (Lipinski definition) is 1. The van der Waals surface area contributed by atoms with Crippen molar-refractivity contribution >= 4 is 39.6 Å². The Kier molecular flexibility index (Phi) is 12.8. The Labute approximate surface area is 270 Å². The van der Waals surface area contributed by atoms with Crippen LogP contribution in [0.25, 0.3) is 11.1 Å². The highest BCUT2D eigenvalue weighted by Gasteiger charge is 2.53. The first-order chi connectivity index (χ1) is 20.8. The number of carbonyl (C=O) groups excluding carboxylic acids is 1. The Balaban J connectivity index is 1.57. The van der Waals surface area contributed by atoms with Gasteiger partial charge in [-0.1, -0.05) is 67.6 Å². The van der Waals surface area contributed by atoms with Gasteiger partial charge in [0.25, 0.3) is 0 Å². The van der Waals surface area contributed by atoms with E-state index in [0.717, 1.165) is 33.6 Å². The van der Waals surface area contributed by atoms with Gasteiger partial charge in [0.2, 0.25) is 5.91 Å². The lowest BCUT2D eigenvalue weighted by atomic mass is 9.88. The number of rotatable bonds is 15. The molecule has 0 aliphatic heterocycles. The lowest BCUT2D eigenvalue weighted by molar-refractivity contribution is -0.149. The molecule has 0 aromatic heterocycles. The van der Waals surface area contributed by atoms with E-state index in [1.54, 1.807) is 18.2 Å². The van der Waals surface area contributed by atoms with E-state index in [2.05, 4.69) is 19.1 Å². The van der Waals surface area contributed by atoms with Gasteiger partial charge in [0.15, 0.2) is 0 Å². The number of ether oxygens (including phenoxy) is 1. The first-order valence-electron chi connectivity index (χ1n) is 14.2. The van der Waals surface area contributed by atoms with Crippen LogP contribution in [0.4, 0.5) is 17.6 Å². The van der Waals surface area contributed by atoms with Gasteiger partial charge in [-0.15, -0.1) is 0 Å². The largest absolute Gasteiger partial charge is 0.508 e. The zero-order chi connectivity index (χ0) is 32.3. The van der Waals surface area contributed by atoms with Crippen LogP contribution in [0, 0.1) is 0 Å². The first kappa shape index (κ1) is 35.1. The number of benzene rings is 3. The maximum absolute atomic E-state index is 13.5. The first-order valence-corrected chi connectivity index (χ1v) is 15.3. The van der Waals surface area contributed by atoms with E-state index in [-0.39, 0.29) is 5.75 Å². The lowest BCUT2D eigenvalue weighted by Gasteiger charge is -2.24. The number of phenols is 1. The normalized spacial score (nSPS) is 12.8. The monoisotopic (exact) mass is 724 g/mol. The fourth-order valence-electron chi connectivity index (χ4n) is 4.46. The van der Waals surface area contributed by atoms with Crippen LogP contribution in [0.2, 0.25) is 0 Å². The fraction of sp³-hybridized carbons (Fsp3) is 0.324. The maximum atomic E-state index is 13.5. The summed E-state index contributed by atoms with van der Waals surface area (Å²) in [5.74, 6) is -3.83. The van der Waals surface area contributed by atoms with Gasteiger partial charge < -0.3 is 14.7 Å².